The van der Waals surface area contributed by atoms with Crippen molar-refractivity contribution < 1.29 is 9.59 Å². The molecule has 1 aliphatic heterocycles. The van der Waals surface area contributed by atoms with Crippen LogP contribution in [0.5, 0.6) is 0 Å². The lowest BCUT2D eigenvalue weighted by atomic mass is 9.88. The lowest BCUT2D eigenvalue weighted by molar-refractivity contribution is -0.124. The van der Waals surface area contributed by atoms with Gasteiger partial charge in [0.1, 0.15) is 0 Å². The molecule has 2 rings (SSSR count). The summed E-state index contributed by atoms with van der Waals surface area (Å²) in [6.07, 6.45) is 2.48. The average Bonchev–Trinajstić information content (AvgIpc) is 2.34. The summed E-state index contributed by atoms with van der Waals surface area (Å²) in [7, 11) is 0. The average molecular weight is 182 g/mol. The van der Waals surface area contributed by atoms with E-state index in [1.807, 2.05) is 0 Å². The van der Waals surface area contributed by atoms with Gasteiger partial charge >= 0.3 is 0 Å². The van der Waals surface area contributed by atoms with Gasteiger partial charge in [-0.25, -0.2) is 0 Å². The molecule has 2 aliphatic rings. The zero-order valence-electron chi connectivity index (χ0n) is 7.45. The molecule has 2 bridgehead atoms. The van der Waals surface area contributed by atoms with Gasteiger partial charge in [0, 0.05) is 18.9 Å². The number of hydrogen-bond acceptors (Lipinski definition) is 2. The monoisotopic (exact) mass is 182 g/mol. The summed E-state index contributed by atoms with van der Waals surface area (Å²) in [5.41, 5.74) is 5.32. The van der Waals surface area contributed by atoms with Crippen molar-refractivity contribution in [1.29, 1.82) is 0 Å². The van der Waals surface area contributed by atoms with E-state index in [1.54, 1.807) is 0 Å². The summed E-state index contributed by atoms with van der Waals surface area (Å²) in [6.45, 7) is 0.628. The molecule has 0 radical (unpaired) electrons. The number of hydrogen-bond donors (Lipinski definition) is 2. The molecular formula is C9H14N2O2. The summed E-state index contributed by atoms with van der Waals surface area (Å²) in [5, 5.41) is 2.81. The minimum atomic E-state index is -0.232. The van der Waals surface area contributed by atoms with Crippen LogP contribution in [-0.2, 0) is 9.59 Å². The fourth-order valence-corrected chi connectivity index (χ4v) is 2.65. The Hall–Kier alpha value is -1.06. The Morgan fingerprint density at radius 2 is 2.08 bits per heavy atom. The number of fused-ring (bicyclic) bond motifs is 2. The maximum atomic E-state index is 11.2. The van der Waals surface area contributed by atoms with Crippen LogP contribution < -0.4 is 11.1 Å². The Morgan fingerprint density at radius 3 is 2.77 bits per heavy atom. The molecule has 3 atom stereocenters. The molecule has 1 aliphatic carbocycles. The zero-order chi connectivity index (χ0) is 9.42. The second-order valence-electron chi connectivity index (χ2n) is 4.03. The van der Waals surface area contributed by atoms with Gasteiger partial charge in [0.15, 0.2) is 0 Å². The first-order chi connectivity index (χ1) is 6.18. The molecule has 3 unspecified atom stereocenters. The standard InChI is InChI=1S/C9H14N2O2/c10-9(13)8-5-1-2-6(8)4-11-7(12)3-5/h5-6,8H,1-4H2,(H2,10,13)(H,11,12). The van der Waals surface area contributed by atoms with Crippen LogP contribution in [-0.4, -0.2) is 18.4 Å². The highest BCUT2D eigenvalue weighted by Crippen LogP contribution is 2.40. The van der Waals surface area contributed by atoms with Crippen LogP contribution >= 0.6 is 0 Å². The maximum absolute atomic E-state index is 11.2. The molecular weight excluding hydrogens is 168 g/mol. The molecule has 1 heterocycles. The quantitative estimate of drug-likeness (QED) is 0.581. The molecule has 0 spiro atoms. The number of amides is 2. The van der Waals surface area contributed by atoms with Gasteiger partial charge < -0.3 is 11.1 Å². The smallest absolute Gasteiger partial charge is 0.221 e. The number of carbonyl (C=O) groups excluding carboxylic acids is 2. The molecule has 0 aromatic heterocycles. The van der Waals surface area contributed by atoms with E-state index in [0.717, 1.165) is 12.8 Å². The first kappa shape index (κ1) is 8.53. The molecule has 0 aromatic rings. The van der Waals surface area contributed by atoms with Crippen molar-refractivity contribution in [3.8, 4) is 0 Å². The maximum Gasteiger partial charge on any atom is 0.221 e. The molecule has 0 aromatic carbocycles. The first-order valence-corrected chi connectivity index (χ1v) is 4.74. The van der Waals surface area contributed by atoms with E-state index in [4.69, 9.17) is 5.73 Å². The molecule has 2 fully saturated rings. The van der Waals surface area contributed by atoms with Crippen LogP contribution in [0.2, 0.25) is 0 Å². The van der Waals surface area contributed by atoms with Gasteiger partial charge in [-0.05, 0) is 24.7 Å². The number of primary amides is 1. The van der Waals surface area contributed by atoms with Crippen LogP contribution in [0.3, 0.4) is 0 Å². The SMILES string of the molecule is NC(=O)C1C2CCC1CC(=O)NC2. The number of nitrogens with two attached hydrogens (primary N) is 1. The Kier molecular flexibility index (Phi) is 1.98. The summed E-state index contributed by atoms with van der Waals surface area (Å²) in [6, 6.07) is 0. The molecule has 1 saturated heterocycles. The molecule has 1 saturated carbocycles. The summed E-state index contributed by atoms with van der Waals surface area (Å²) in [5.74, 6) is 0.250. The topological polar surface area (TPSA) is 72.2 Å². The predicted molar refractivity (Wildman–Crippen MR) is 46.5 cm³/mol. The normalized spacial score (nSPS) is 38.2. The van der Waals surface area contributed by atoms with Gasteiger partial charge in [0.25, 0.3) is 0 Å². The highest BCUT2D eigenvalue weighted by Gasteiger charge is 2.42. The van der Waals surface area contributed by atoms with Crippen LogP contribution in [0.15, 0.2) is 0 Å². The third kappa shape index (κ3) is 1.41. The summed E-state index contributed by atoms with van der Waals surface area (Å²) >= 11 is 0. The van der Waals surface area contributed by atoms with E-state index in [0.29, 0.717) is 13.0 Å². The lowest BCUT2D eigenvalue weighted by Gasteiger charge is -2.16. The van der Waals surface area contributed by atoms with E-state index in [9.17, 15) is 9.59 Å². The number of nitrogens with one attached hydrogen (secondary N) is 1. The predicted octanol–water partition coefficient (Wildman–Crippen LogP) is -0.366. The van der Waals surface area contributed by atoms with E-state index in [1.165, 1.54) is 0 Å². The van der Waals surface area contributed by atoms with Crippen molar-refractivity contribution in [3.05, 3.63) is 0 Å². The van der Waals surface area contributed by atoms with E-state index in [2.05, 4.69) is 5.32 Å². The molecule has 72 valence electrons. The Labute approximate surface area is 76.9 Å². The van der Waals surface area contributed by atoms with Gasteiger partial charge in [-0.2, -0.15) is 0 Å². The van der Waals surface area contributed by atoms with Gasteiger partial charge in [-0.1, -0.05) is 0 Å². The van der Waals surface area contributed by atoms with Crippen molar-refractivity contribution >= 4 is 11.8 Å². The van der Waals surface area contributed by atoms with Crippen molar-refractivity contribution in [2.75, 3.05) is 6.54 Å². The number of rotatable bonds is 1. The van der Waals surface area contributed by atoms with Gasteiger partial charge in [0.2, 0.25) is 11.8 Å². The Morgan fingerprint density at radius 1 is 1.38 bits per heavy atom. The minimum Gasteiger partial charge on any atom is -0.369 e. The molecule has 3 N–H and O–H groups in total. The molecule has 13 heavy (non-hydrogen) atoms. The highest BCUT2D eigenvalue weighted by atomic mass is 16.2. The van der Waals surface area contributed by atoms with Crippen molar-refractivity contribution in [3.63, 3.8) is 0 Å². The second-order valence-corrected chi connectivity index (χ2v) is 4.03. The van der Waals surface area contributed by atoms with E-state index in [-0.39, 0.29) is 29.6 Å². The van der Waals surface area contributed by atoms with Crippen LogP contribution in [0, 0.1) is 17.8 Å². The van der Waals surface area contributed by atoms with Gasteiger partial charge in [-0.3, -0.25) is 9.59 Å². The van der Waals surface area contributed by atoms with Crippen molar-refractivity contribution in [1.82, 2.24) is 5.32 Å². The molecule has 4 heteroatoms. The first-order valence-electron chi connectivity index (χ1n) is 4.74. The molecule has 4 nitrogen and oxygen atoms in total. The van der Waals surface area contributed by atoms with Gasteiger partial charge in [0.05, 0.1) is 0 Å². The lowest BCUT2D eigenvalue weighted by Crippen LogP contribution is -2.32. The summed E-state index contributed by atoms with van der Waals surface area (Å²) in [4.78, 5) is 22.3. The largest absolute Gasteiger partial charge is 0.369 e. The molecule has 2 amide bonds. The van der Waals surface area contributed by atoms with Crippen LogP contribution in [0.1, 0.15) is 19.3 Å². The fourth-order valence-electron chi connectivity index (χ4n) is 2.65. The Balaban J connectivity index is 2.19. The van der Waals surface area contributed by atoms with Crippen LogP contribution in [0.25, 0.3) is 0 Å². The van der Waals surface area contributed by atoms with Crippen LogP contribution in [0.4, 0.5) is 0 Å². The zero-order valence-corrected chi connectivity index (χ0v) is 7.45. The third-order valence-corrected chi connectivity index (χ3v) is 3.26. The highest BCUT2D eigenvalue weighted by molar-refractivity contribution is 5.82. The fraction of sp³-hybridized carbons (Fsp3) is 0.778. The second kappa shape index (κ2) is 3.01. The van der Waals surface area contributed by atoms with E-state index < -0.39 is 0 Å². The number of carbonyl (C=O) groups is 2. The summed E-state index contributed by atoms with van der Waals surface area (Å²) < 4.78 is 0. The Bertz CT molecular complexity index is 252. The van der Waals surface area contributed by atoms with Gasteiger partial charge in [-0.15, -0.1) is 0 Å². The van der Waals surface area contributed by atoms with Crippen molar-refractivity contribution in [2.45, 2.75) is 19.3 Å². The minimum absolute atomic E-state index is 0.0680. The van der Waals surface area contributed by atoms with E-state index >= 15 is 0 Å². The third-order valence-electron chi connectivity index (χ3n) is 3.26. The van der Waals surface area contributed by atoms with Crippen molar-refractivity contribution in [2.24, 2.45) is 23.5 Å².